The quantitative estimate of drug-likeness (QED) is 0.419. The fourth-order valence-electron chi connectivity index (χ4n) is 8.38. The number of nitrogens with zero attached hydrogens (tertiary/aromatic N) is 1. The Kier molecular flexibility index (Phi) is 6.26. The van der Waals surface area contributed by atoms with Crippen molar-refractivity contribution >= 4 is 5.97 Å². The average molecular weight is 461 g/mol. The molecule has 0 radical (unpaired) electrons. The summed E-state index contributed by atoms with van der Waals surface area (Å²) in [5.41, 5.74) is 3.17. The molecule has 182 valence electrons. The van der Waals surface area contributed by atoms with E-state index in [9.17, 15) is 4.79 Å². The summed E-state index contributed by atoms with van der Waals surface area (Å²) in [6.45, 7) is 0.304. The molecule has 0 unspecified atom stereocenters. The van der Waals surface area contributed by atoms with Crippen LogP contribution in [0.25, 0.3) is 0 Å². The van der Waals surface area contributed by atoms with Crippen molar-refractivity contribution in [2.45, 2.75) is 102 Å². The molecule has 5 aliphatic carbocycles. The van der Waals surface area contributed by atoms with Gasteiger partial charge < -0.3 is 9.72 Å². The van der Waals surface area contributed by atoms with Gasteiger partial charge >= 0.3 is 5.97 Å². The van der Waals surface area contributed by atoms with Crippen LogP contribution in [-0.2, 0) is 17.8 Å². The third-order valence-corrected chi connectivity index (χ3v) is 9.49. The summed E-state index contributed by atoms with van der Waals surface area (Å²) in [7, 11) is 0. The third-order valence-electron chi connectivity index (χ3n) is 9.49. The van der Waals surface area contributed by atoms with Crippen LogP contribution in [0.4, 0.5) is 0 Å². The van der Waals surface area contributed by atoms with Gasteiger partial charge in [0.15, 0.2) is 5.69 Å². The van der Waals surface area contributed by atoms with Gasteiger partial charge in [0.2, 0.25) is 0 Å². The summed E-state index contributed by atoms with van der Waals surface area (Å²) in [4.78, 5) is 21.6. The minimum atomic E-state index is -0.271. The zero-order valence-electron chi connectivity index (χ0n) is 20.6. The lowest BCUT2D eigenvalue weighted by Gasteiger charge is -2.57. The predicted molar refractivity (Wildman–Crippen MR) is 134 cm³/mol. The van der Waals surface area contributed by atoms with Gasteiger partial charge in [-0.1, -0.05) is 49.6 Å². The molecule has 0 amide bonds. The van der Waals surface area contributed by atoms with Crippen molar-refractivity contribution in [3.63, 3.8) is 0 Å². The Hall–Kier alpha value is -2.10. The number of H-pyrrole nitrogens is 1. The Labute approximate surface area is 204 Å². The maximum absolute atomic E-state index is 13.1. The zero-order valence-corrected chi connectivity index (χ0v) is 20.6. The van der Waals surface area contributed by atoms with Crippen LogP contribution >= 0.6 is 0 Å². The van der Waals surface area contributed by atoms with Gasteiger partial charge in [-0.2, -0.15) is 0 Å². The van der Waals surface area contributed by atoms with Crippen LogP contribution in [0, 0.1) is 23.2 Å². The number of nitrogens with one attached hydrogen (secondary N) is 1. The Morgan fingerprint density at radius 1 is 0.971 bits per heavy atom. The number of benzene rings is 1. The van der Waals surface area contributed by atoms with E-state index in [0.29, 0.717) is 23.6 Å². The van der Waals surface area contributed by atoms with E-state index in [1.54, 1.807) is 0 Å². The number of aromatic amines is 1. The fourth-order valence-corrected chi connectivity index (χ4v) is 8.38. The molecule has 34 heavy (non-hydrogen) atoms. The molecule has 0 aliphatic heterocycles. The van der Waals surface area contributed by atoms with Crippen molar-refractivity contribution in [1.29, 1.82) is 0 Å². The molecule has 4 heteroatoms. The van der Waals surface area contributed by atoms with Crippen molar-refractivity contribution in [3.05, 3.63) is 53.1 Å². The van der Waals surface area contributed by atoms with E-state index < -0.39 is 0 Å². The minimum Gasteiger partial charge on any atom is -0.456 e. The van der Waals surface area contributed by atoms with Crippen molar-refractivity contribution in [1.82, 2.24) is 9.97 Å². The summed E-state index contributed by atoms with van der Waals surface area (Å²) in [6.07, 6.45) is 18.5. The van der Waals surface area contributed by atoms with Crippen LogP contribution in [0.5, 0.6) is 0 Å². The lowest BCUT2D eigenvalue weighted by Crippen LogP contribution is -2.45. The maximum atomic E-state index is 13.1. The van der Waals surface area contributed by atoms with Crippen LogP contribution in [-0.4, -0.2) is 15.9 Å². The minimum absolute atomic E-state index is 0.271. The summed E-state index contributed by atoms with van der Waals surface area (Å²) in [5, 5.41) is 0. The Morgan fingerprint density at radius 2 is 1.65 bits per heavy atom. The smallest absolute Gasteiger partial charge is 0.359 e. The van der Waals surface area contributed by atoms with Crippen molar-refractivity contribution < 1.29 is 9.53 Å². The SMILES string of the molecule is O=C(OCc1ccccc1)c1nc(C2CCCCC2)[nH]c1CCCC12CC3CC(CC(C3)C1)C2. The lowest BCUT2D eigenvalue weighted by molar-refractivity contribution is -0.0580. The van der Waals surface area contributed by atoms with E-state index in [-0.39, 0.29) is 5.97 Å². The first-order valence-corrected chi connectivity index (χ1v) is 14.0. The second kappa shape index (κ2) is 9.51. The predicted octanol–water partition coefficient (Wildman–Crippen LogP) is 7.35. The molecule has 0 atom stereocenters. The number of aryl methyl sites for hydroxylation is 1. The van der Waals surface area contributed by atoms with Crippen LogP contribution in [0.15, 0.2) is 30.3 Å². The van der Waals surface area contributed by atoms with Gasteiger partial charge in [0.05, 0.1) is 0 Å². The molecule has 2 aromatic rings. The summed E-state index contributed by atoms with van der Waals surface area (Å²) < 4.78 is 5.71. The number of aromatic nitrogens is 2. The maximum Gasteiger partial charge on any atom is 0.359 e. The molecule has 1 heterocycles. The average Bonchev–Trinajstić information content (AvgIpc) is 3.27. The third kappa shape index (κ3) is 4.70. The standard InChI is InChI=1S/C30H40N2O2/c33-29(34-20-21-8-3-1-4-9-21)27-26(31-28(32-27)25-10-5-2-6-11-25)12-7-13-30-17-22-14-23(18-30)16-24(15-22)19-30/h1,3-4,8-9,22-25H,2,5-7,10-20H2,(H,31,32). The number of hydrogen-bond donors (Lipinski definition) is 1. The van der Waals surface area contributed by atoms with Crippen LogP contribution in [0.2, 0.25) is 0 Å². The monoisotopic (exact) mass is 460 g/mol. The molecule has 0 spiro atoms. The van der Waals surface area contributed by atoms with Gasteiger partial charge in [-0.3, -0.25) is 0 Å². The molecule has 1 aromatic carbocycles. The molecule has 5 aliphatic rings. The van der Waals surface area contributed by atoms with Gasteiger partial charge in [-0.15, -0.1) is 0 Å². The summed E-state index contributed by atoms with van der Waals surface area (Å²) in [5.74, 6) is 4.22. The van der Waals surface area contributed by atoms with Crippen LogP contribution in [0.1, 0.15) is 117 Å². The Balaban J connectivity index is 1.14. The number of rotatable bonds is 8. The van der Waals surface area contributed by atoms with E-state index in [0.717, 1.165) is 47.7 Å². The molecule has 1 aromatic heterocycles. The molecule has 0 saturated heterocycles. The molecule has 5 fully saturated rings. The Morgan fingerprint density at radius 3 is 2.32 bits per heavy atom. The first kappa shape index (κ1) is 22.4. The topological polar surface area (TPSA) is 55.0 Å². The van der Waals surface area contributed by atoms with Crippen LogP contribution in [0.3, 0.4) is 0 Å². The summed E-state index contributed by atoms with van der Waals surface area (Å²) >= 11 is 0. The number of esters is 1. The van der Waals surface area contributed by atoms with E-state index >= 15 is 0 Å². The number of carbonyl (C=O) groups excluding carboxylic acids is 1. The highest BCUT2D eigenvalue weighted by molar-refractivity contribution is 5.88. The zero-order chi connectivity index (χ0) is 23.0. The highest BCUT2D eigenvalue weighted by Gasteiger charge is 2.50. The number of carbonyl (C=O) groups is 1. The van der Waals surface area contributed by atoms with Crippen LogP contribution < -0.4 is 0 Å². The molecule has 5 saturated carbocycles. The second-order valence-corrected chi connectivity index (χ2v) is 12.1. The van der Waals surface area contributed by atoms with Crippen molar-refractivity contribution in [3.8, 4) is 0 Å². The molecular formula is C30H40N2O2. The highest BCUT2D eigenvalue weighted by Crippen LogP contribution is 2.61. The Bertz CT molecular complexity index is 953. The van der Waals surface area contributed by atoms with E-state index in [4.69, 9.17) is 9.72 Å². The molecule has 4 nitrogen and oxygen atoms in total. The second-order valence-electron chi connectivity index (χ2n) is 12.1. The van der Waals surface area contributed by atoms with Gasteiger partial charge in [-0.05, 0) is 99.4 Å². The van der Waals surface area contributed by atoms with Crippen molar-refractivity contribution in [2.24, 2.45) is 23.2 Å². The largest absolute Gasteiger partial charge is 0.456 e. The number of imidazole rings is 1. The van der Waals surface area contributed by atoms with E-state index in [1.165, 1.54) is 77.0 Å². The van der Waals surface area contributed by atoms with Gasteiger partial charge in [0.25, 0.3) is 0 Å². The van der Waals surface area contributed by atoms with Gasteiger partial charge in [-0.25, -0.2) is 9.78 Å². The molecule has 4 bridgehead atoms. The van der Waals surface area contributed by atoms with Gasteiger partial charge in [0.1, 0.15) is 12.4 Å². The first-order chi connectivity index (χ1) is 16.7. The first-order valence-electron chi connectivity index (χ1n) is 14.0. The number of hydrogen-bond acceptors (Lipinski definition) is 3. The molecular weight excluding hydrogens is 420 g/mol. The summed E-state index contributed by atoms with van der Waals surface area (Å²) in [6, 6.07) is 9.94. The molecule has 7 rings (SSSR count). The highest BCUT2D eigenvalue weighted by atomic mass is 16.5. The van der Waals surface area contributed by atoms with E-state index in [1.807, 2.05) is 30.3 Å². The number of ether oxygens (including phenoxy) is 1. The fraction of sp³-hybridized carbons (Fsp3) is 0.667. The van der Waals surface area contributed by atoms with Gasteiger partial charge in [0, 0.05) is 11.6 Å². The van der Waals surface area contributed by atoms with E-state index in [2.05, 4.69) is 4.98 Å². The molecule has 1 N–H and O–H groups in total. The van der Waals surface area contributed by atoms with Crippen molar-refractivity contribution in [2.75, 3.05) is 0 Å². The lowest BCUT2D eigenvalue weighted by atomic mass is 9.48. The normalized spacial score (nSPS) is 30.5.